The van der Waals surface area contributed by atoms with Crippen LogP contribution in [0.25, 0.3) is 0 Å². The SMILES string of the molecule is CCCCCC(O)=CC(=O)SCCNC(C)=O. The molecule has 0 atom stereocenters. The van der Waals surface area contributed by atoms with E-state index in [1.165, 1.54) is 13.0 Å². The van der Waals surface area contributed by atoms with Gasteiger partial charge in [-0.2, -0.15) is 0 Å². The van der Waals surface area contributed by atoms with Crippen molar-refractivity contribution in [2.45, 2.75) is 39.5 Å². The number of amides is 1. The summed E-state index contributed by atoms with van der Waals surface area (Å²) in [5.74, 6) is 0.573. The fourth-order valence-electron chi connectivity index (χ4n) is 1.18. The molecule has 0 unspecified atom stereocenters. The zero-order valence-electron chi connectivity index (χ0n) is 10.5. The Bertz CT molecular complexity index is 277. The second kappa shape index (κ2) is 10.2. The molecule has 17 heavy (non-hydrogen) atoms. The number of carbonyl (C=O) groups excluding carboxylic acids is 2. The number of aliphatic hydroxyl groups is 1. The standard InChI is InChI=1S/C12H21NO3S/c1-3-4-5-6-11(15)9-12(16)17-8-7-13-10(2)14/h9,15H,3-8H2,1-2H3,(H,13,14). The summed E-state index contributed by atoms with van der Waals surface area (Å²) in [6.07, 6.45) is 4.89. The lowest BCUT2D eigenvalue weighted by atomic mass is 10.2. The van der Waals surface area contributed by atoms with Gasteiger partial charge in [-0.05, 0) is 6.42 Å². The molecule has 0 heterocycles. The minimum absolute atomic E-state index is 0.101. The van der Waals surface area contributed by atoms with E-state index >= 15 is 0 Å². The van der Waals surface area contributed by atoms with Crippen LogP contribution in [0.3, 0.4) is 0 Å². The lowest BCUT2D eigenvalue weighted by Crippen LogP contribution is -2.22. The fourth-order valence-corrected chi connectivity index (χ4v) is 1.81. The summed E-state index contributed by atoms with van der Waals surface area (Å²) in [5, 5.41) is 11.9. The van der Waals surface area contributed by atoms with Crippen molar-refractivity contribution in [1.82, 2.24) is 5.32 Å². The highest BCUT2D eigenvalue weighted by molar-refractivity contribution is 8.14. The van der Waals surface area contributed by atoms with Gasteiger partial charge in [-0.3, -0.25) is 9.59 Å². The van der Waals surface area contributed by atoms with Crippen LogP contribution in [0.15, 0.2) is 11.8 Å². The van der Waals surface area contributed by atoms with Crippen LogP contribution in [0.2, 0.25) is 0 Å². The van der Waals surface area contributed by atoms with Gasteiger partial charge in [-0.1, -0.05) is 31.5 Å². The van der Waals surface area contributed by atoms with E-state index in [0.717, 1.165) is 31.0 Å². The van der Waals surface area contributed by atoms with Crippen molar-refractivity contribution in [3.05, 3.63) is 11.8 Å². The molecule has 0 bridgehead atoms. The van der Waals surface area contributed by atoms with Gasteiger partial charge in [-0.15, -0.1) is 0 Å². The molecule has 0 aromatic heterocycles. The summed E-state index contributed by atoms with van der Waals surface area (Å²) in [7, 11) is 0. The lowest BCUT2D eigenvalue weighted by molar-refractivity contribution is -0.118. The lowest BCUT2D eigenvalue weighted by Gasteiger charge is -2.01. The van der Waals surface area contributed by atoms with Gasteiger partial charge in [-0.25, -0.2) is 0 Å². The Labute approximate surface area is 107 Å². The van der Waals surface area contributed by atoms with Crippen molar-refractivity contribution in [2.75, 3.05) is 12.3 Å². The Balaban J connectivity index is 3.67. The molecular formula is C12H21NO3S. The van der Waals surface area contributed by atoms with E-state index in [1.54, 1.807) is 0 Å². The number of carbonyl (C=O) groups is 2. The molecule has 1 amide bonds. The maximum atomic E-state index is 11.3. The average molecular weight is 259 g/mol. The monoisotopic (exact) mass is 259 g/mol. The van der Waals surface area contributed by atoms with Crippen molar-refractivity contribution in [1.29, 1.82) is 0 Å². The van der Waals surface area contributed by atoms with Gasteiger partial charge < -0.3 is 10.4 Å². The van der Waals surface area contributed by atoms with Crippen LogP contribution in [0, 0.1) is 0 Å². The Hall–Kier alpha value is -0.970. The predicted molar refractivity (Wildman–Crippen MR) is 71.0 cm³/mol. The van der Waals surface area contributed by atoms with Crippen molar-refractivity contribution in [3.8, 4) is 0 Å². The van der Waals surface area contributed by atoms with E-state index in [1.807, 2.05) is 0 Å². The Morgan fingerprint density at radius 3 is 2.65 bits per heavy atom. The van der Waals surface area contributed by atoms with Crippen molar-refractivity contribution in [3.63, 3.8) is 0 Å². The minimum Gasteiger partial charge on any atom is -0.512 e. The quantitative estimate of drug-likeness (QED) is 0.399. The number of hydrogen-bond acceptors (Lipinski definition) is 4. The molecule has 0 fully saturated rings. The molecule has 0 aliphatic carbocycles. The van der Waals surface area contributed by atoms with Gasteiger partial charge >= 0.3 is 0 Å². The molecule has 0 spiro atoms. The third-order valence-electron chi connectivity index (χ3n) is 2.04. The Morgan fingerprint density at radius 1 is 1.35 bits per heavy atom. The highest BCUT2D eigenvalue weighted by atomic mass is 32.2. The summed E-state index contributed by atoms with van der Waals surface area (Å²) < 4.78 is 0. The fraction of sp³-hybridized carbons (Fsp3) is 0.667. The molecule has 0 saturated carbocycles. The van der Waals surface area contributed by atoms with E-state index in [9.17, 15) is 14.7 Å². The zero-order valence-corrected chi connectivity index (χ0v) is 11.3. The number of unbranched alkanes of at least 4 members (excludes halogenated alkanes) is 2. The smallest absolute Gasteiger partial charge is 0.216 e. The third-order valence-corrected chi connectivity index (χ3v) is 2.85. The number of aliphatic hydroxyl groups excluding tert-OH is 1. The first kappa shape index (κ1) is 16.0. The second-order valence-corrected chi connectivity index (χ2v) is 4.84. The normalized spacial score (nSPS) is 11.3. The Kier molecular flexibility index (Phi) is 9.62. The zero-order chi connectivity index (χ0) is 13.1. The van der Waals surface area contributed by atoms with E-state index in [4.69, 9.17) is 0 Å². The van der Waals surface area contributed by atoms with Gasteiger partial charge in [0.05, 0.1) is 5.76 Å². The van der Waals surface area contributed by atoms with Crippen LogP contribution >= 0.6 is 11.8 Å². The number of allylic oxidation sites excluding steroid dienone is 1. The third kappa shape index (κ3) is 11.3. The summed E-state index contributed by atoms with van der Waals surface area (Å²) in [6.45, 7) is 3.99. The van der Waals surface area contributed by atoms with Gasteiger partial charge in [0.15, 0.2) is 0 Å². The number of hydrogen-bond donors (Lipinski definition) is 2. The molecule has 5 heteroatoms. The topological polar surface area (TPSA) is 66.4 Å². The first-order valence-electron chi connectivity index (χ1n) is 5.87. The molecule has 0 saturated heterocycles. The average Bonchev–Trinajstić information content (AvgIpc) is 2.24. The summed E-state index contributed by atoms with van der Waals surface area (Å²) >= 11 is 1.10. The van der Waals surface area contributed by atoms with Gasteiger partial charge in [0.1, 0.15) is 0 Å². The minimum atomic E-state index is -0.163. The van der Waals surface area contributed by atoms with Crippen LogP contribution in [0.5, 0.6) is 0 Å². The molecule has 0 aliphatic rings. The molecule has 0 rings (SSSR count). The van der Waals surface area contributed by atoms with Crippen LogP contribution in [-0.2, 0) is 9.59 Å². The first-order chi connectivity index (χ1) is 8.06. The van der Waals surface area contributed by atoms with Gasteiger partial charge in [0, 0.05) is 31.7 Å². The van der Waals surface area contributed by atoms with Gasteiger partial charge in [0.25, 0.3) is 0 Å². The molecule has 0 aromatic carbocycles. The van der Waals surface area contributed by atoms with E-state index in [-0.39, 0.29) is 16.8 Å². The molecule has 4 nitrogen and oxygen atoms in total. The van der Waals surface area contributed by atoms with Crippen molar-refractivity contribution >= 4 is 22.8 Å². The first-order valence-corrected chi connectivity index (χ1v) is 6.85. The predicted octanol–water partition coefficient (Wildman–Crippen LogP) is 2.40. The van der Waals surface area contributed by atoms with Crippen LogP contribution in [0.1, 0.15) is 39.5 Å². The van der Waals surface area contributed by atoms with Crippen LogP contribution in [0.4, 0.5) is 0 Å². The maximum absolute atomic E-state index is 11.3. The van der Waals surface area contributed by atoms with Crippen molar-refractivity contribution < 1.29 is 14.7 Å². The summed E-state index contributed by atoms with van der Waals surface area (Å²) in [5.41, 5.74) is 0. The molecule has 0 aromatic rings. The van der Waals surface area contributed by atoms with Crippen LogP contribution in [-0.4, -0.2) is 28.4 Å². The number of rotatable bonds is 8. The largest absolute Gasteiger partial charge is 0.512 e. The van der Waals surface area contributed by atoms with Gasteiger partial charge in [0.2, 0.25) is 11.0 Å². The van der Waals surface area contributed by atoms with Crippen LogP contribution < -0.4 is 5.32 Å². The molecule has 98 valence electrons. The van der Waals surface area contributed by atoms with Crippen molar-refractivity contribution in [2.24, 2.45) is 0 Å². The highest BCUT2D eigenvalue weighted by Gasteiger charge is 2.02. The molecule has 2 N–H and O–H groups in total. The number of nitrogens with one attached hydrogen (secondary N) is 1. The maximum Gasteiger partial charge on any atom is 0.216 e. The van der Waals surface area contributed by atoms with E-state index < -0.39 is 0 Å². The molecule has 0 aliphatic heterocycles. The van der Waals surface area contributed by atoms with E-state index in [2.05, 4.69) is 12.2 Å². The second-order valence-electron chi connectivity index (χ2n) is 3.74. The highest BCUT2D eigenvalue weighted by Crippen LogP contribution is 2.09. The number of thioether (sulfide) groups is 1. The molecule has 0 radical (unpaired) electrons. The summed E-state index contributed by atoms with van der Waals surface area (Å²) in [4.78, 5) is 21.9. The summed E-state index contributed by atoms with van der Waals surface area (Å²) in [6, 6.07) is 0. The molecular weight excluding hydrogens is 238 g/mol. The Morgan fingerprint density at radius 2 is 2.06 bits per heavy atom. The van der Waals surface area contributed by atoms with E-state index in [0.29, 0.717) is 18.7 Å².